The molecule has 3 aliphatic rings. The van der Waals surface area contributed by atoms with Gasteiger partial charge in [0.2, 0.25) is 22.1 Å². The Morgan fingerprint density at radius 2 is 1.88 bits per heavy atom. The molecule has 0 radical (unpaired) electrons. The quantitative estimate of drug-likeness (QED) is 0.871. The minimum atomic E-state index is -0.167. The lowest BCUT2D eigenvalue weighted by Crippen LogP contribution is -2.49. The van der Waals surface area contributed by atoms with Crippen LogP contribution in [0.25, 0.3) is 0 Å². The number of nitrogens with one attached hydrogen (secondary N) is 1. The highest BCUT2D eigenvalue weighted by Crippen LogP contribution is 2.34. The van der Waals surface area contributed by atoms with Gasteiger partial charge in [-0.25, -0.2) is 0 Å². The van der Waals surface area contributed by atoms with E-state index in [1.165, 1.54) is 30.6 Å². The lowest BCUT2D eigenvalue weighted by molar-refractivity contribution is -0.123. The third kappa shape index (κ3) is 3.43. The summed E-state index contributed by atoms with van der Waals surface area (Å²) in [6.07, 6.45) is 8.05. The van der Waals surface area contributed by atoms with E-state index >= 15 is 0 Å². The molecule has 3 fully saturated rings. The molecule has 0 spiro atoms. The molecular weight excluding hydrogens is 350 g/mol. The second-order valence-electron chi connectivity index (χ2n) is 7.74. The van der Waals surface area contributed by atoms with Gasteiger partial charge in [0.05, 0.1) is 0 Å². The van der Waals surface area contributed by atoms with Crippen molar-refractivity contribution in [1.29, 1.82) is 0 Å². The third-order valence-electron chi connectivity index (χ3n) is 5.95. The zero-order valence-electron chi connectivity index (χ0n) is 15.3. The lowest BCUT2D eigenvalue weighted by atomic mass is 9.86. The molecule has 3 atom stereocenters. The first kappa shape index (κ1) is 17.7. The average Bonchev–Trinajstić information content (AvgIpc) is 3.35. The minimum absolute atomic E-state index is 0.120. The Hall–Kier alpha value is -1.70. The number of carbonyl (C=O) groups is 2. The van der Waals surface area contributed by atoms with Gasteiger partial charge in [-0.05, 0) is 38.0 Å². The zero-order valence-corrected chi connectivity index (χ0v) is 16.1. The summed E-state index contributed by atoms with van der Waals surface area (Å²) in [5.74, 6) is 0.793. The van der Waals surface area contributed by atoms with E-state index in [2.05, 4.69) is 27.3 Å². The number of aromatic nitrogens is 2. The van der Waals surface area contributed by atoms with Gasteiger partial charge in [-0.2, -0.15) is 0 Å². The summed E-state index contributed by atoms with van der Waals surface area (Å²) in [4.78, 5) is 28.6. The molecule has 0 aromatic carbocycles. The number of amides is 2. The highest BCUT2D eigenvalue weighted by Gasteiger charge is 2.36. The molecule has 4 rings (SSSR count). The molecule has 26 heavy (non-hydrogen) atoms. The van der Waals surface area contributed by atoms with Crippen molar-refractivity contribution in [2.75, 3.05) is 22.9 Å². The van der Waals surface area contributed by atoms with Gasteiger partial charge in [-0.15, -0.1) is 10.2 Å². The Morgan fingerprint density at radius 1 is 1.08 bits per heavy atom. The molecule has 3 heterocycles. The van der Waals surface area contributed by atoms with Crippen LogP contribution in [0.1, 0.15) is 58.3 Å². The highest BCUT2D eigenvalue weighted by atomic mass is 32.1. The predicted octanol–water partition coefficient (Wildman–Crippen LogP) is 2.33. The van der Waals surface area contributed by atoms with E-state index in [0.29, 0.717) is 23.5 Å². The molecular formula is C18H27N5O2S. The van der Waals surface area contributed by atoms with Crippen LogP contribution in [0.5, 0.6) is 0 Å². The van der Waals surface area contributed by atoms with Crippen LogP contribution in [-0.4, -0.2) is 47.2 Å². The van der Waals surface area contributed by atoms with Gasteiger partial charge in [-0.1, -0.05) is 31.1 Å². The molecule has 0 unspecified atom stereocenters. The maximum atomic E-state index is 12.9. The first-order chi connectivity index (χ1) is 12.6. The van der Waals surface area contributed by atoms with Crippen LogP contribution in [0.2, 0.25) is 0 Å². The third-order valence-corrected chi connectivity index (χ3v) is 6.93. The van der Waals surface area contributed by atoms with Crippen molar-refractivity contribution in [2.24, 2.45) is 5.92 Å². The second kappa shape index (κ2) is 7.50. The molecule has 7 nitrogen and oxygen atoms in total. The normalized spacial score (nSPS) is 29.4. The molecule has 1 aromatic rings. The highest BCUT2D eigenvalue weighted by molar-refractivity contribution is 7.19. The van der Waals surface area contributed by atoms with Gasteiger partial charge >= 0.3 is 0 Å². The van der Waals surface area contributed by atoms with Crippen molar-refractivity contribution < 1.29 is 9.59 Å². The number of rotatable bonds is 4. The largest absolute Gasteiger partial charge is 0.351 e. The summed E-state index contributed by atoms with van der Waals surface area (Å²) >= 11 is 1.43. The van der Waals surface area contributed by atoms with Crippen LogP contribution in [0.4, 0.5) is 10.3 Å². The number of hydrogen-bond acceptors (Lipinski definition) is 6. The van der Waals surface area contributed by atoms with Crippen molar-refractivity contribution in [3.8, 4) is 0 Å². The maximum Gasteiger partial charge on any atom is 0.243 e. The van der Waals surface area contributed by atoms with Crippen LogP contribution in [0.15, 0.2) is 0 Å². The van der Waals surface area contributed by atoms with Crippen LogP contribution in [-0.2, 0) is 9.59 Å². The number of anilines is 2. The Morgan fingerprint density at radius 3 is 2.65 bits per heavy atom. The maximum absolute atomic E-state index is 12.9. The van der Waals surface area contributed by atoms with Crippen LogP contribution in [0.3, 0.4) is 0 Å². The molecule has 2 aliphatic heterocycles. The van der Waals surface area contributed by atoms with E-state index in [0.717, 1.165) is 43.9 Å². The van der Waals surface area contributed by atoms with Gasteiger partial charge in [0.25, 0.3) is 0 Å². The van der Waals surface area contributed by atoms with Gasteiger partial charge < -0.3 is 10.2 Å². The van der Waals surface area contributed by atoms with Crippen LogP contribution >= 0.6 is 11.3 Å². The second-order valence-corrected chi connectivity index (χ2v) is 8.68. The average molecular weight is 378 g/mol. The first-order valence-corrected chi connectivity index (χ1v) is 10.7. The first-order valence-electron chi connectivity index (χ1n) is 9.84. The van der Waals surface area contributed by atoms with E-state index in [-0.39, 0.29) is 17.9 Å². The smallest absolute Gasteiger partial charge is 0.243 e. The van der Waals surface area contributed by atoms with Crippen LogP contribution < -0.4 is 15.1 Å². The molecule has 1 aliphatic carbocycles. The van der Waals surface area contributed by atoms with Crippen molar-refractivity contribution in [1.82, 2.24) is 15.5 Å². The summed E-state index contributed by atoms with van der Waals surface area (Å²) in [5, 5.41) is 13.2. The number of carbonyl (C=O) groups excluding carboxylic acids is 2. The van der Waals surface area contributed by atoms with Crippen molar-refractivity contribution >= 4 is 33.4 Å². The fourth-order valence-electron chi connectivity index (χ4n) is 4.36. The molecule has 0 bridgehead atoms. The fraction of sp³-hybridized carbons (Fsp3) is 0.778. The Bertz CT molecular complexity index is 678. The summed E-state index contributed by atoms with van der Waals surface area (Å²) in [5.41, 5.74) is 0. The van der Waals surface area contributed by atoms with Crippen molar-refractivity contribution in [3.05, 3.63) is 0 Å². The van der Waals surface area contributed by atoms with Crippen molar-refractivity contribution in [3.63, 3.8) is 0 Å². The van der Waals surface area contributed by atoms with E-state index < -0.39 is 0 Å². The number of hydrogen-bond donors (Lipinski definition) is 1. The molecule has 1 saturated carbocycles. The summed E-state index contributed by atoms with van der Waals surface area (Å²) < 4.78 is 0. The Labute approximate surface area is 158 Å². The minimum Gasteiger partial charge on any atom is -0.351 e. The van der Waals surface area contributed by atoms with E-state index in [9.17, 15) is 9.59 Å². The molecule has 1 aromatic heterocycles. The molecule has 142 valence electrons. The summed E-state index contributed by atoms with van der Waals surface area (Å²) in [6, 6.07) is 0.130. The lowest BCUT2D eigenvalue weighted by Gasteiger charge is -2.32. The zero-order chi connectivity index (χ0) is 18.1. The predicted molar refractivity (Wildman–Crippen MR) is 101 cm³/mol. The monoisotopic (exact) mass is 377 g/mol. The standard InChI is InChI=1S/C18H27N5O2S/c1-12-6-2-3-7-13(12)19-16(25)14-8-4-10-22(14)17-20-21-18(26-17)23-11-5-9-15(23)24/h12-14H,2-11H2,1H3,(H,19,25)/t12-,13+,14+/m1/s1. The topological polar surface area (TPSA) is 78.4 Å². The van der Waals surface area contributed by atoms with Gasteiger partial charge in [0.1, 0.15) is 6.04 Å². The molecule has 8 heteroatoms. The van der Waals surface area contributed by atoms with E-state index in [4.69, 9.17) is 0 Å². The molecule has 2 saturated heterocycles. The van der Waals surface area contributed by atoms with Gasteiger partial charge in [0, 0.05) is 25.6 Å². The Balaban J connectivity index is 1.44. The summed E-state index contributed by atoms with van der Waals surface area (Å²) in [6.45, 7) is 3.78. The van der Waals surface area contributed by atoms with Crippen molar-refractivity contribution in [2.45, 2.75) is 70.4 Å². The van der Waals surface area contributed by atoms with Crippen LogP contribution in [0, 0.1) is 5.92 Å². The van der Waals surface area contributed by atoms with Gasteiger partial charge in [-0.3, -0.25) is 14.5 Å². The van der Waals surface area contributed by atoms with Gasteiger partial charge in [0.15, 0.2) is 0 Å². The van der Waals surface area contributed by atoms with E-state index in [1.54, 1.807) is 4.90 Å². The summed E-state index contributed by atoms with van der Waals surface area (Å²) in [7, 11) is 0. The SMILES string of the molecule is C[C@@H]1CCCC[C@@H]1NC(=O)[C@@H]1CCCN1c1nnc(N2CCCC2=O)s1. The van der Waals surface area contributed by atoms with E-state index in [1.807, 2.05) is 0 Å². The molecule has 1 N–H and O–H groups in total. The number of nitrogens with zero attached hydrogens (tertiary/aromatic N) is 4. The Kier molecular flexibility index (Phi) is 5.11. The fourth-order valence-corrected chi connectivity index (χ4v) is 5.33. The molecule has 2 amide bonds.